The van der Waals surface area contributed by atoms with E-state index in [2.05, 4.69) is 12.2 Å². The molecule has 0 aromatic heterocycles. The van der Waals surface area contributed by atoms with Crippen molar-refractivity contribution in [1.29, 1.82) is 0 Å². The Balaban J connectivity index is 1.85. The number of halogens is 1. The molecule has 1 spiro atoms. The van der Waals surface area contributed by atoms with Gasteiger partial charge in [-0.2, -0.15) is 0 Å². The van der Waals surface area contributed by atoms with Crippen molar-refractivity contribution in [3.05, 3.63) is 34.9 Å². The molecule has 1 heterocycles. The van der Waals surface area contributed by atoms with Crippen LogP contribution in [-0.2, 0) is 9.53 Å². The predicted molar refractivity (Wildman–Crippen MR) is 109 cm³/mol. The smallest absolute Gasteiger partial charge is 0.256 e. The molecule has 1 saturated heterocycles. The van der Waals surface area contributed by atoms with Gasteiger partial charge in [0.15, 0.2) is 0 Å². The van der Waals surface area contributed by atoms with E-state index in [1.165, 1.54) is 0 Å². The summed E-state index contributed by atoms with van der Waals surface area (Å²) in [4.78, 5) is 30.0. The van der Waals surface area contributed by atoms with Gasteiger partial charge in [-0.25, -0.2) is 0 Å². The molecule has 0 radical (unpaired) electrons. The molecule has 28 heavy (non-hydrogen) atoms. The molecule has 0 unspecified atom stereocenters. The number of likely N-dealkylation sites (N-methyl/N-ethyl adjacent to an activating group) is 1. The first-order chi connectivity index (χ1) is 13.3. The van der Waals surface area contributed by atoms with Gasteiger partial charge in [0, 0.05) is 23.7 Å². The van der Waals surface area contributed by atoms with Gasteiger partial charge in [0.2, 0.25) is 5.91 Å². The quantitative estimate of drug-likeness (QED) is 0.815. The van der Waals surface area contributed by atoms with E-state index in [-0.39, 0.29) is 18.4 Å². The number of rotatable bonds is 5. The zero-order chi connectivity index (χ0) is 20.3. The largest absolute Gasteiger partial charge is 0.353 e. The highest BCUT2D eigenvalue weighted by molar-refractivity contribution is 6.31. The number of benzene rings is 1. The number of nitrogens with zero attached hydrogens (tertiary/aromatic N) is 2. The molecule has 7 heteroatoms. The summed E-state index contributed by atoms with van der Waals surface area (Å²) in [5, 5.41) is 3.46. The molecular formula is C21H30ClN3O3. The summed E-state index contributed by atoms with van der Waals surface area (Å²) in [6.45, 7) is 3.72. The number of hydrogen-bond donors (Lipinski definition) is 1. The minimum atomic E-state index is -0.699. The van der Waals surface area contributed by atoms with Crippen LogP contribution >= 0.6 is 11.6 Å². The van der Waals surface area contributed by atoms with Crippen molar-refractivity contribution < 1.29 is 14.3 Å². The third-order valence-electron chi connectivity index (χ3n) is 5.77. The van der Waals surface area contributed by atoms with Crippen LogP contribution in [-0.4, -0.2) is 67.2 Å². The van der Waals surface area contributed by atoms with Crippen molar-refractivity contribution >= 4 is 23.4 Å². The van der Waals surface area contributed by atoms with Crippen molar-refractivity contribution in [1.82, 2.24) is 15.1 Å². The van der Waals surface area contributed by atoms with Gasteiger partial charge in [0.05, 0.1) is 6.61 Å². The third kappa shape index (κ3) is 4.50. The maximum atomic E-state index is 13.5. The van der Waals surface area contributed by atoms with E-state index >= 15 is 0 Å². The van der Waals surface area contributed by atoms with Crippen LogP contribution in [0.25, 0.3) is 0 Å². The van der Waals surface area contributed by atoms with E-state index in [9.17, 15) is 9.59 Å². The van der Waals surface area contributed by atoms with Crippen LogP contribution < -0.4 is 5.32 Å². The molecular weight excluding hydrogens is 378 g/mol. The second-order valence-corrected chi connectivity index (χ2v) is 8.67. The lowest BCUT2D eigenvalue weighted by molar-refractivity contribution is -0.127. The second-order valence-electron chi connectivity index (χ2n) is 8.24. The molecule has 2 aliphatic rings. The molecule has 1 N–H and O–H groups in total. The maximum absolute atomic E-state index is 13.5. The molecule has 1 aliphatic heterocycles. The van der Waals surface area contributed by atoms with Gasteiger partial charge in [-0.3, -0.25) is 14.5 Å². The van der Waals surface area contributed by atoms with Crippen molar-refractivity contribution in [2.45, 2.75) is 44.4 Å². The van der Waals surface area contributed by atoms with E-state index < -0.39 is 11.8 Å². The van der Waals surface area contributed by atoms with E-state index in [1.807, 2.05) is 19.0 Å². The van der Waals surface area contributed by atoms with Crippen LogP contribution in [0, 0.1) is 5.92 Å². The van der Waals surface area contributed by atoms with Crippen LogP contribution in [0.5, 0.6) is 0 Å². The molecule has 1 saturated carbocycles. The number of hydrogen-bond acceptors (Lipinski definition) is 4. The fraction of sp³-hybridized carbons (Fsp3) is 0.619. The molecule has 2 amide bonds. The molecule has 0 bridgehead atoms. The van der Waals surface area contributed by atoms with Gasteiger partial charge >= 0.3 is 0 Å². The van der Waals surface area contributed by atoms with Crippen LogP contribution in [0.4, 0.5) is 0 Å². The van der Waals surface area contributed by atoms with Gasteiger partial charge in [0.1, 0.15) is 11.8 Å². The second kappa shape index (κ2) is 8.80. The van der Waals surface area contributed by atoms with E-state index in [1.54, 1.807) is 29.2 Å². The van der Waals surface area contributed by atoms with Crippen LogP contribution in [0.15, 0.2) is 24.3 Å². The summed E-state index contributed by atoms with van der Waals surface area (Å²) in [5.74, 6) is 0.250. The maximum Gasteiger partial charge on any atom is 0.256 e. The summed E-state index contributed by atoms with van der Waals surface area (Å²) >= 11 is 6.10. The molecule has 1 aliphatic carbocycles. The first-order valence-electron chi connectivity index (χ1n) is 9.98. The molecule has 6 nitrogen and oxygen atoms in total. The summed E-state index contributed by atoms with van der Waals surface area (Å²) in [6, 6.07) is 6.27. The minimum Gasteiger partial charge on any atom is -0.353 e. The topological polar surface area (TPSA) is 61.9 Å². The summed E-state index contributed by atoms with van der Waals surface area (Å²) in [5.41, 5.74) is -0.211. The number of nitrogens with one attached hydrogen (secondary N) is 1. The summed E-state index contributed by atoms with van der Waals surface area (Å²) < 4.78 is 6.18. The molecule has 154 valence electrons. The molecule has 1 atom stereocenters. The Bertz CT molecular complexity index is 717. The number of ether oxygens (including phenoxy) is 1. The molecule has 1 aromatic carbocycles. The van der Waals surface area contributed by atoms with Crippen LogP contribution in [0.1, 0.15) is 43.0 Å². The summed E-state index contributed by atoms with van der Waals surface area (Å²) in [7, 11) is 3.91. The monoisotopic (exact) mass is 407 g/mol. The van der Waals surface area contributed by atoms with Gasteiger partial charge in [-0.15, -0.1) is 0 Å². The molecule has 1 aromatic rings. The zero-order valence-corrected chi connectivity index (χ0v) is 17.7. The lowest BCUT2D eigenvalue weighted by atomic mass is 9.83. The number of carbonyl (C=O) groups excluding carboxylic acids is 2. The highest BCUT2D eigenvalue weighted by Crippen LogP contribution is 2.43. The van der Waals surface area contributed by atoms with E-state index in [0.717, 1.165) is 32.2 Å². The Morgan fingerprint density at radius 2 is 2.04 bits per heavy atom. The van der Waals surface area contributed by atoms with Gasteiger partial charge in [-0.05, 0) is 63.9 Å². The Morgan fingerprint density at radius 1 is 1.32 bits per heavy atom. The van der Waals surface area contributed by atoms with Crippen LogP contribution in [0.2, 0.25) is 5.02 Å². The zero-order valence-electron chi connectivity index (χ0n) is 16.9. The van der Waals surface area contributed by atoms with Crippen molar-refractivity contribution in [3.63, 3.8) is 0 Å². The molecule has 3 rings (SSSR count). The van der Waals surface area contributed by atoms with Crippen LogP contribution in [0.3, 0.4) is 0 Å². The third-order valence-corrected chi connectivity index (χ3v) is 6.00. The Morgan fingerprint density at radius 3 is 2.68 bits per heavy atom. The van der Waals surface area contributed by atoms with Crippen molar-refractivity contribution in [3.8, 4) is 0 Å². The van der Waals surface area contributed by atoms with Gasteiger partial charge < -0.3 is 15.0 Å². The standard InChI is InChI=1S/C21H30ClN3O3/c1-15-7-9-21(10-8-15)25(20(27)16-5-4-6-17(22)13-16)18(14-28-21)19(26)23-11-12-24(2)3/h4-6,13,15,18H,7-12,14H2,1-3H3,(H,23,26)/t15?,18-,21?/m0/s1. The fourth-order valence-electron chi connectivity index (χ4n) is 4.06. The Kier molecular flexibility index (Phi) is 6.63. The highest BCUT2D eigenvalue weighted by atomic mass is 35.5. The van der Waals surface area contributed by atoms with Crippen molar-refractivity contribution in [2.24, 2.45) is 5.92 Å². The average molecular weight is 408 g/mol. The van der Waals surface area contributed by atoms with Gasteiger partial charge in [-0.1, -0.05) is 24.6 Å². The Labute approximate surface area is 172 Å². The average Bonchev–Trinajstić information content (AvgIpc) is 3.02. The Hall–Kier alpha value is -1.63. The summed E-state index contributed by atoms with van der Waals surface area (Å²) in [6.07, 6.45) is 3.46. The first-order valence-corrected chi connectivity index (χ1v) is 10.4. The first kappa shape index (κ1) is 21.1. The SMILES string of the molecule is CC1CCC2(CC1)OC[C@@H](C(=O)NCCN(C)C)N2C(=O)c1cccc(Cl)c1. The number of carbonyl (C=O) groups is 2. The normalized spacial score (nSPS) is 27.4. The highest BCUT2D eigenvalue weighted by Gasteiger charge is 2.53. The minimum absolute atomic E-state index is 0.160. The van der Waals surface area contributed by atoms with E-state index in [4.69, 9.17) is 16.3 Å². The molecule has 2 fully saturated rings. The lowest BCUT2D eigenvalue weighted by Crippen LogP contribution is -2.57. The number of amides is 2. The fourth-order valence-corrected chi connectivity index (χ4v) is 4.25. The van der Waals surface area contributed by atoms with E-state index in [0.29, 0.717) is 23.0 Å². The predicted octanol–water partition coefficient (Wildman–Crippen LogP) is 2.77. The lowest BCUT2D eigenvalue weighted by Gasteiger charge is -2.43. The van der Waals surface area contributed by atoms with Crippen molar-refractivity contribution in [2.75, 3.05) is 33.8 Å². The van der Waals surface area contributed by atoms with Gasteiger partial charge in [0.25, 0.3) is 5.91 Å².